The van der Waals surface area contributed by atoms with Crippen LogP contribution in [-0.4, -0.2) is 35.3 Å². The van der Waals surface area contributed by atoms with Gasteiger partial charge < -0.3 is 20.6 Å². The number of para-hydroxylation sites is 1. The minimum atomic E-state index is -1.03. The van der Waals surface area contributed by atoms with Crippen LogP contribution in [0.25, 0.3) is 10.9 Å². The highest BCUT2D eigenvalue weighted by Crippen LogP contribution is 2.23. The van der Waals surface area contributed by atoms with Gasteiger partial charge in [-0.05, 0) is 23.3 Å². The topological polar surface area (TPSA) is 90.4 Å². The molecule has 26 heavy (non-hydrogen) atoms. The summed E-state index contributed by atoms with van der Waals surface area (Å²) in [7, 11) is 3.92. The van der Waals surface area contributed by atoms with E-state index in [2.05, 4.69) is 20.6 Å². The molecule has 3 rings (SSSR count). The molecular weight excluding hydrogens is 330 g/mol. The van der Waals surface area contributed by atoms with E-state index in [0.717, 1.165) is 27.8 Å². The molecule has 0 atom stereocenters. The Bertz CT molecular complexity index is 909. The molecule has 0 bridgehead atoms. The van der Waals surface area contributed by atoms with Crippen molar-refractivity contribution in [3.8, 4) is 0 Å². The van der Waals surface area contributed by atoms with Gasteiger partial charge in [-0.1, -0.05) is 36.4 Å². The Morgan fingerprint density at radius 1 is 1.00 bits per heavy atom. The largest absolute Gasteiger partial charge is 0.465 e. The van der Waals surface area contributed by atoms with Crippen LogP contribution in [0.3, 0.4) is 0 Å². The Labute approximate surface area is 151 Å². The van der Waals surface area contributed by atoms with Crippen molar-refractivity contribution in [1.82, 2.24) is 15.3 Å². The Morgan fingerprint density at radius 2 is 1.65 bits per heavy atom. The summed E-state index contributed by atoms with van der Waals surface area (Å²) in [5, 5.41) is 15.3. The van der Waals surface area contributed by atoms with Crippen molar-refractivity contribution in [2.45, 2.75) is 13.1 Å². The number of carboxylic acid groups (broad SMARTS) is 1. The minimum Gasteiger partial charge on any atom is -0.465 e. The molecule has 0 unspecified atom stereocenters. The van der Waals surface area contributed by atoms with Crippen molar-refractivity contribution in [2.75, 3.05) is 24.3 Å². The van der Waals surface area contributed by atoms with Crippen molar-refractivity contribution in [2.24, 2.45) is 0 Å². The molecule has 1 amide bonds. The van der Waals surface area contributed by atoms with Crippen molar-refractivity contribution >= 4 is 28.8 Å². The maximum Gasteiger partial charge on any atom is 0.404 e. The standard InChI is InChI=1S/C19H21N5O2/c1-24(2)17-15-5-3-4-6-16(15)22-18(23-17)20-11-13-7-9-14(10-8-13)12-21-19(25)26/h3-10,21H,11-12H2,1-2H3,(H,25,26)(H,20,22,23). The van der Waals surface area contributed by atoms with Crippen LogP contribution in [0, 0.1) is 0 Å². The third-order valence-electron chi connectivity index (χ3n) is 3.92. The number of nitrogens with zero attached hydrogens (tertiary/aromatic N) is 3. The number of aromatic nitrogens is 2. The maximum absolute atomic E-state index is 10.5. The summed E-state index contributed by atoms with van der Waals surface area (Å²) in [6, 6.07) is 15.6. The monoisotopic (exact) mass is 351 g/mol. The minimum absolute atomic E-state index is 0.295. The highest BCUT2D eigenvalue weighted by molar-refractivity contribution is 5.90. The quantitative estimate of drug-likeness (QED) is 0.632. The van der Waals surface area contributed by atoms with E-state index in [1.54, 1.807) is 0 Å². The van der Waals surface area contributed by atoms with Gasteiger partial charge in [0.2, 0.25) is 5.95 Å². The van der Waals surface area contributed by atoms with Crippen LogP contribution in [0.1, 0.15) is 11.1 Å². The first-order chi connectivity index (χ1) is 12.5. The van der Waals surface area contributed by atoms with E-state index in [9.17, 15) is 4.79 Å². The van der Waals surface area contributed by atoms with Gasteiger partial charge in [-0.15, -0.1) is 0 Å². The zero-order chi connectivity index (χ0) is 18.5. The van der Waals surface area contributed by atoms with E-state index in [4.69, 9.17) is 5.11 Å². The highest BCUT2D eigenvalue weighted by Gasteiger charge is 2.09. The summed E-state index contributed by atoms with van der Waals surface area (Å²) in [6.07, 6.45) is -1.03. The molecular formula is C19H21N5O2. The average Bonchev–Trinajstić information content (AvgIpc) is 2.64. The van der Waals surface area contributed by atoms with E-state index >= 15 is 0 Å². The molecule has 1 heterocycles. The van der Waals surface area contributed by atoms with Crippen molar-refractivity contribution in [1.29, 1.82) is 0 Å². The van der Waals surface area contributed by atoms with Crippen molar-refractivity contribution in [3.63, 3.8) is 0 Å². The summed E-state index contributed by atoms with van der Waals surface area (Å²) < 4.78 is 0. The second kappa shape index (κ2) is 7.69. The van der Waals surface area contributed by atoms with Crippen LogP contribution in [0.15, 0.2) is 48.5 Å². The van der Waals surface area contributed by atoms with Crippen molar-refractivity contribution in [3.05, 3.63) is 59.7 Å². The predicted molar refractivity (Wildman–Crippen MR) is 102 cm³/mol. The molecule has 1 aromatic heterocycles. The van der Waals surface area contributed by atoms with Gasteiger partial charge in [-0.2, -0.15) is 4.98 Å². The molecule has 7 heteroatoms. The Kier molecular flexibility index (Phi) is 5.17. The molecule has 3 aromatic rings. The van der Waals surface area contributed by atoms with Gasteiger partial charge in [-0.25, -0.2) is 9.78 Å². The molecule has 0 aliphatic rings. The lowest BCUT2D eigenvalue weighted by Gasteiger charge is -2.16. The number of anilines is 2. The molecule has 0 saturated heterocycles. The Morgan fingerprint density at radius 3 is 2.31 bits per heavy atom. The molecule has 0 saturated carbocycles. The lowest BCUT2D eigenvalue weighted by molar-refractivity contribution is 0.194. The van der Waals surface area contributed by atoms with Crippen LogP contribution in [0.4, 0.5) is 16.6 Å². The van der Waals surface area contributed by atoms with Gasteiger partial charge in [0.25, 0.3) is 0 Å². The molecule has 0 spiro atoms. The van der Waals surface area contributed by atoms with E-state index in [1.165, 1.54) is 0 Å². The van der Waals surface area contributed by atoms with E-state index in [-0.39, 0.29) is 0 Å². The third kappa shape index (κ3) is 4.18. The molecule has 0 aliphatic heterocycles. The zero-order valence-electron chi connectivity index (χ0n) is 14.7. The number of fused-ring (bicyclic) bond motifs is 1. The first-order valence-corrected chi connectivity index (χ1v) is 8.25. The molecule has 2 aromatic carbocycles. The van der Waals surface area contributed by atoms with Crippen LogP contribution < -0.4 is 15.5 Å². The summed E-state index contributed by atoms with van der Waals surface area (Å²) in [4.78, 5) is 21.7. The fourth-order valence-electron chi connectivity index (χ4n) is 2.61. The number of hydrogen-bond donors (Lipinski definition) is 3. The first kappa shape index (κ1) is 17.5. The van der Waals surface area contributed by atoms with Crippen LogP contribution >= 0.6 is 0 Å². The summed E-state index contributed by atoms with van der Waals surface area (Å²) in [5.41, 5.74) is 2.86. The molecule has 0 radical (unpaired) electrons. The van der Waals surface area contributed by atoms with Crippen LogP contribution in [0.2, 0.25) is 0 Å². The summed E-state index contributed by atoms with van der Waals surface area (Å²) >= 11 is 0. The van der Waals surface area contributed by atoms with Crippen LogP contribution in [-0.2, 0) is 13.1 Å². The lowest BCUT2D eigenvalue weighted by atomic mass is 10.1. The number of benzene rings is 2. The number of amides is 1. The normalized spacial score (nSPS) is 10.5. The fourth-order valence-corrected chi connectivity index (χ4v) is 2.61. The molecule has 134 valence electrons. The predicted octanol–water partition coefficient (Wildman–Crippen LogP) is 3.08. The molecule has 0 aliphatic carbocycles. The molecule has 3 N–H and O–H groups in total. The number of carbonyl (C=O) groups is 1. The second-order valence-corrected chi connectivity index (χ2v) is 6.11. The smallest absolute Gasteiger partial charge is 0.404 e. The first-order valence-electron chi connectivity index (χ1n) is 8.25. The van der Waals surface area contributed by atoms with E-state index in [0.29, 0.717) is 19.0 Å². The molecule has 0 fully saturated rings. The number of rotatable bonds is 6. The Balaban J connectivity index is 1.72. The average molecular weight is 351 g/mol. The fraction of sp³-hybridized carbons (Fsp3) is 0.211. The highest BCUT2D eigenvalue weighted by atomic mass is 16.4. The van der Waals surface area contributed by atoms with E-state index < -0.39 is 6.09 Å². The molecule has 7 nitrogen and oxygen atoms in total. The van der Waals surface area contributed by atoms with Gasteiger partial charge in [0.05, 0.1) is 5.52 Å². The summed E-state index contributed by atoms with van der Waals surface area (Å²) in [6.45, 7) is 0.876. The second-order valence-electron chi connectivity index (χ2n) is 6.11. The number of hydrogen-bond acceptors (Lipinski definition) is 5. The lowest BCUT2D eigenvalue weighted by Crippen LogP contribution is -2.19. The van der Waals surface area contributed by atoms with Gasteiger partial charge in [0, 0.05) is 32.6 Å². The van der Waals surface area contributed by atoms with Crippen LogP contribution in [0.5, 0.6) is 0 Å². The Hall–Kier alpha value is -3.35. The maximum atomic E-state index is 10.5. The SMILES string of the molecule is CN(C)c1nc(NCc2ccc(CNC(=O)O)cc2)nc2ccccc12. The summed E-state index contributed by atoms with van der Waals surface area (Å²) in [5.74, 6) is 1.44. The zero-order valence-corrected chi connectivity index (χ0v) is 14.7. The van der Waals surface area contributed by atoms with Gasteiger partial charge in [0.1, 0.15) is 5.82 Å². The van der Waals surface area contributed by atoms with Gasteiger partial charge in [0.15, 0.2) is 0 Å². The van der Waals surface area contributed by atoms with Crippen molar-refractivity contribution < 1.29 is 9.90 Å². The van der Waals surface area contributed by atoms with E-state index in [1.807, 2.05) is 67.5 Å². The van der Waals surface area contributed by atoms with Gasteiger partial charge in [-0.3, -0.25) is 0 Å². The number of nitrogens with one attached hydrogen (secondary N) is 2. The van der Waals surface area contributed by atoms with Gasteiger partial charge >= 0.3 is 6.09 Å². The third-order valence-corrected chi connectivity index (χ3v) is 3.92.